The number of carbonyl (C=O) groups is 2. The molecule has 6 heteroatoms. The Morgan fingerprint density at radius 1 is 1.21 bits per heavy atom. The lowest BCUT2D eigenvalue weighted by atomic mass is 9.87. The van der Waals surface area contributed by atoms with Gasteiger partial charge < -0.3 is 24.4 Å². The van der Waals surface area contributed by atoms with Crippen LogP contribution in [-0.4, -0.2) is 54.9 Å². The molecule has 0 aromatic carbocycles. The number of nitrogens with one attached hydrogen (secondary N) is 1. The monoisotopic (exact) mass is 272 g/mol. The van der Waals surface area contributed by atoms with Crippen LogP contribution in [0.1, 0.15) is 33.6 Å². The SMILES string of the molecule is CC(C)(C)OC(=O)NC1(C(=O)[O-])CC[N+](C)(C)CC1. The summed E-state index contributed by atoms with van der Waals surface area (Å²) in [4.78, 5) is 23.2. The van der Waals surface area contributed by atoms with Gasteiger partial charge in [-0.1, -0.05) is 0 Å². The smallest absolute Gasteiger partial charge is 0.408 e. The van der Waals surface area contributed by atoms with Gasteiger partial charge >= 0.3 is 6.09 Å². The minimum absolute atomic E-state index is 0.349. The van der Waals surface area contributed by atoms with Crippen molar-refractivity contribution >= 4 is 12.1 Å². The number of alkyl carbamates (subject to hydrolysis) is 1. The van der Waals surface area contributed by atoms with Gasteiger partial charge in [0.25, 0.3) is 0 Å². The Morgan fingerprint density at radius 3 is 2.05 bits per heavy atom. The van der Waals surface area contributed by atoms with Crippen LogP contribution in [0.2, 0.25) is 0 Å². The summed E-state index contributed by atoms with van der Waals surface area (Å²) in [6.45, 7) is 6.55. The maximum absolute atomic E-state index is 11.8. The van der Waals surface area contributed by atoms with E-state index in [4.69, 9.17) is 4.74 Å². The summed E-state index contributed by atoms with van der Waals surface area (Å²) in [5.74, 6) is -1.24. The minimum Gasteiger partial charge on any atom is -0.548 e. The van der Waals surface area contributed by atoms with Gasteiger partial charge in [-0.3, -0.25) is 0 Å². The van der Waals surface area contributed by atoms with Crippen molar-refractivity contribution in [3.8, 4) is 0 Å². The number of rotatable bonds is 2. The molecular formula is C13H24N2O4. The number of likely N-dealkylation sites (tertiary alicyclic amines) is 1. The summed E-state index contributed by atoms with van der Waals surface area (Å²) < 4.78 is 5.86. The number of ether oxygens (including phenoxy) is 1. The molecule has 0 aromatic heterocycles. The third-order valence-electron chi connectivity index (χ3n) is 3.42. The largest absolute Gasteiger partial charge is 0.548 e. The van der Waals surface area contributed by atoms with Gasteiger partial charge in [0.05, 0.1) is 38.7 Å². The van der Waals surface area contributed by atoms with E-state index >= 15 is 0 Å². The van der Waals surface area contributed by atoms with Gasteiger partial charge in [0.2, 0.25) is 0 Å². The molecule has 1 aliphatic rings. The summed E-state index contributed by atoms with van der Waals surface area (Å²) in [5, 5.41) is 13.9. The topological polar surface area (TPSA) is 78.5 Å². The Kier molecular flexibility index (Phi) is 4.14. The number of amides is 1. The Hall–Kier alpha value is -1.30. The predicted octanol–water partition coefficient (Wildman–Crippen LogP) is -0.130. The van der Waals surface area contributed by atoms with Crippen molar-refractivity contribution in [2.24, 2.45) is 0 Å². The molecule has 0 bridgehead atoms. The van der Waals surface area contributed by atoms with Gasteiger partial charge in [-0.05, 0) is 20.8 Å². The molecule has 1 N–H and O–H groups in total. The van der Waals surface area contributed by atoms with Crippen molar-refractivity contribution < 1.29 is 23.9 Å². The Morgan fingerprint density at radius 2 is 1.68 bits per heavy atom. The van der Waals surface area contributed by atoms with Gasteiger partial charge in [-0.2, -0.15) is 0 Å². The van der Waals surface area contributed by atoms with Crippen molar-refractivity contribution in [3.63, 3.8) is 0 Å². The quantitative estimate of drug-likeness (QED) is 0.710. The second kappa shape index (κ2) is 5.00. The molecule has 1 heterocycles. The molecule has 1 saturated heterocycles. The van der Waals surface area contributed by atoms with E-state index in [2.05, 4.69) is 5.32 Å². The number of hydrogen-bond acceptors (Lipinski definition) is 4. The Balaban J connectivity index is 2.75. The molecule has 1 amide bonds. The highest BCUT2D eigenvalue weighted by Crippen LogP contribution is 2.25. The van der Waals surface area contributed by atoms with Crippen LogP contribution in [0.4, 0.5) is 4.79 Å². The summed E-state index contributed by atoms with van der Waals surface area (Å²) in [5.41, 5.74) is -1.96. The van der Waals surface area contributed by atoms with Crippen molar-refractivity contribution in [3.05, 3.63) is 0 Å². The van der Waals surface area contributed by atoms with E-state index in [0.29, 0.717) is 25.9 Å². The third-order valence-corrected chi connectivity index (χ3v) is 3.42. The van der Waals surface area contributed by atoms with E-state index in [1.54, 1.807) is 20.8 Å². The number of hydrogen-bond donors (Lipinski definition) is 1. The predicted molar refractivity (Wildman–Crippen MR) is 68.2 cm³/mol. The van der Waals surface area contributed by atoms with Crippen LogP contribution in [-0.2, 0) is 9.53 Å². The first-order valence-corrected chi connectivity index (χ1v) is 6.50. The summed E-state index contributed by atoms with van der Waals surface area (Å²) >= 11 is 0. The number of piperidine rings is 1. The molecular weight excluding hydrogens is 248 g/mol. The number of nitrogens with zero attached hydrogens (tertiary/aromatic N) is 1. The van der Waals surface area contributed by atoms with Crippen LogP contribution in [0.5, 0.6) is 0 Å². The van der Waals surface area contributed by atoms with E-state index in [-0.39, 0.29) is 0 Å². The molecule has 110 valence electrons. The zero-order valence-electron chi connectivity index (χ0n) is 12.4. The van der Waals surface area contributed by atoms with Crippen molar-refractivity contribution in [2.45, 2.75) is 44.8 Å². The third kappa shape index (κ3) is 4.38. The van der Waals surface area contributed by atoms with Crippen LogP contribution in [0.3, 0.4) is 0 Å². The highest BCUT2D eigenvalue weighted by molar-refractivity contribution is 5.83. The first kappa shape index (κ1) is 15.8. The van der Waals surface area contributed by atoms with Crippen LogP contribution in [0.25, 0.3) is 0 Å². The minimum atomic E-state index is -1.31. The van der Waals surface area contributed by atoms with Gasteiger partial charge in [-0.15, -0.1) is 0 Å². The van der Waals surface area contributed by atoms with Crippen molar-refractivity contribution in [1.82, 2.24) is 5.32 Å². The van der Waals surface area contributed by atoms with Crippen molar-refractivity contribution in [1.29, 1.82) is 0 Å². The van der Waals surface area contributed by atoms with E-state index in [0.717, 1.165) is 4.48 Å². The van der Waals surface area contributed by atoms with Gasteiger partial charge in [-0.25, -0.2) is 4.79 Å². The van der Waals surface area contributed by atoms with Crippen LogP contribution in [0, 0.1) is 0 Å². The molecule has 0 aliphatic carbocycles. The zero-order valence-corrected chi connectivity index (χ0v) is 12.4. The fourth-order valence-electron chi connectivity index (χ4n) is 2.10. The number of aliphatic carboxylic acids is 1. The molecule has 1 rings (SSSR count). The van der Waals surface area contributed by atoms with Crippen LogP contribution < -0.4 is 10.4 Å². The Bertz CT molecular complexity index is 361. The van der Waals surface area contributed by atoms with Crippen molar-refractivity contribution in [2.75, 3.05) is 27.2 Å². The molecule has 0 atom stereocenters. The standard InChI is InChI=1S/C13H24N2O4/c1-12(2,3)19-11(18)14-13(10(16)17)6-8-15(4,5)9-7-13/h6-9H2,1-5H3,(H-,14,16,17,18). The number of carbonyl (C=O) groups excluding carboxylic acids is 2. The lowest BCUT2D eigenvalue weighted by Crippen LogP contribution is -2.66. The molecule has 1 fully saturated rings. The molecule has 0 saturated carbocycles. The first-order valence-electron chi connectivity index (χ1n) is 6.50. The fraction of sp³-hybridized carbons (Fsp3) is 0.846. The van der Waals surface area contributed by atoms with E-state index < -0.39 is 23.2 Å². The summed E-state index contributed by atoms with van der Waals surface area (Å²) in [6, 6.07) is 0. The average Bonchev–Trinajstić information content (AvgIpc) is 2.18. The molecule has 1 aliphatic heterocycles. The second-order valence-electron chi connectivity index (χ2n) is 6.88. The first-order chi connectivity index (χ1) is 8.46. The average molecular weight is 272 g/mol. The summed E-state index contributed by atoms with van der Waals surface area (Å²) in [7, 11) is 4.07. The molecule has 0 aromatic rings. The van der Waals surface area contributed by atoms with Crippen LogP contribution >= 0.6 is 0 Å². The molecule has 0 unspecified atom stereocenters. The Labute approximate surface area is 114 Å². The second-order valence-corrected chi connectivity index (χ2v) is 6.88. The van der Waals surface area contributed by atoms with Gasteiger partial charge in [0, 0.05) is 12.8 Å². The molecule has 6 nitrogen and oxygen atoms in total. The highest BCUT2D eigenvalue weighted by atomic mass is 16.6. The maximum atomic E-state index is 11.8. The lowest BCUT2D eigenvalue weighted by molar-refractivity contribution is -0.896. The van der Waals surface area contributed by atoms with Crippen LogP contribution in [0.15, 0.2) is 0 Å². The zero-order chi connectivity index (χ0) is 14.9. The number of carboxylic acid groups (broad SMARTS) is 1. The lowest BCUT2D eigenvalue weighted by Gasteiger charge is -2.45. The molecule has 0 spiro atoms. The van der Waals surface area contributed by atoms with Gasteiger partial charge in [0.1, 0.15) is 5.60 Å². The molecule has 0 radical (unpaired) electrons. The van der Waals surface area contributed by atoms with Gasteiger partial charge in [0.15, 0.2) is 0 Å². The van der Waals surface area contributed by atoms with E-state index in [1.807, 2.05) is 14.1 Å². The molecule has 19 heavy (non-hydrogen) atoms. The van der Waals surface area contributed by atoms with E-state index in [1.165, 1.54) is 0 Å². The normalized spacial score (nSPS) is 21.5. The fourth-order valence-corrected chi connectivity index (χ4v) is 2.10. The maximum Gasteiger partial charge on any atom is 0.408 e. The highest BCUT2D eigenvalue weighted by Gasteiger charge is 2.42. The number of quaternary nitrogens is 1. The summed E-state index contributed by atoms with van der Waals surface area (Å²) in [6.07, 6.45) is -0.00714. The number of carboxylic acids is 1. The van der Waals surface area contributed by atoms with E-state index in [9.17, 15) is 14.7 Å².